The molecule has 0 heterocycles. The van der Waals surface area contributed by atoms with Crippen LogP contribution < -0.4 is 5.32 Å². The second-order valence-corrected chi connectivity index (χ2v) is 2.79. The second-order valence-electron chi connectivity index (χ2n) is 2.79. The first-order valence-electron chi connectivity index (χ1n) is 4.05. The number of aliphatic carboxylic acids is 1. The molecule has 0 spiro atoms. The number of nitrogens with zero attached hydrogens (tertiary/aromatic N) is 1. The summed E-state index contributed by atoms with van der Waals surface area (Å²) in [7, 11) is 0. The van der Waals surface area contributed by atoms with Crippen LogP contribution in [0.2, 0.25) is 0 Å². The smallest absolute Gasteiger partial charge is 0.326 e. The maximum absolute atomic E-state index is 10.5. The van der Waals surface area contributed by atoms with Crippen LogP contribution in [-0.4, -0.2) is 34.5 Å². The van der Waals surface area contributed by atoms with Crippen LogP contribution in [0.25, 0.3) is 0 Å². The van der Waals surface area contributed by atoms with Crippen molar-refractivity contribution in [2.75, 3.05) is 6.54 Å². The van der Waals surface area contributed by atoms with E-state index in [4.69, 9.17) is 5.11 Å². The van der Waals surface area contributed by atoms with Gasteiger partial charge in [-0.2, -0.15) is 0 Å². The fourth-order valence-electron chi connectivity index (χ4n) is 0.927. The first-order chi connectivity index (χ1) is 6.43. The van der Waals surface area contributed by atoms with Crippen LogP contribution in [0.4, 0.5) is 0 Å². The molecule has 14 heavy (non-hydrogen) atoms. The van der Waals surface area contributed by atoms with E-state index in [2.05, 4.69) is 5.32 Å². The lowest BCUT2D eigenvalue weighted by Crippen LogP contribution is -2.39. The molecule has 0 aliphatic rings. The summed E-state index contributed by atoms with van der Waals surface area (Å²) in [6.07, 6.45) is 0.195. The lowest BCUT2D eigenvalue weighted by Gasteiger charge is -2.11. The molecule has 80 valence electrons. The Morgan fingerprint density at radius 2 is 2.14 bits per heavy atom. The molecule has 1 atom stereocenters. The molecule has 0 saturated carbocycles. The maximum atomic E-state index is 10.5. The molecule has 0 bridgehead atoms. The SMILES string of the molecule is CC(=O)N[C@H](CCC[N+](=O)[O-])C(=O)O. The molecular formula is C7H12N2O5. The Morgan fingerprint density at radius 1 is 1.57 bits per heavy atom. The molecule has 1 amide bonds. The largest absolute Gasteiger partial charge is 0.480 e. The minimum Gasteiger partial charge on any atom is -0.480 e. The summed E-state index contributed by atoms with van der Waals surface area (Å²) in [6.45, 7) is 0.910. The summed E-state index contributed by atoms with van der Waals surface area (Å²) in [6, 6.07) is -1.03. The van der Waals surface area contributed by atoms with Gasteiger partial charge in [0.15, 0.2) is 0 Å². The zero-order chi connectivity index (χ0) is 11.1. The zero-order valence-electron chi connectivity index (χ0n) is 7.73. The molecule has 0 fully saturated rings. The van der Waals surface area contributed by atoms with Gasteiger partial charge in [0.25, 0.3) is 0 Å². The second kappa shape index (κ2) is 5.90. The van der Waals surface area contributed by atoms with Gasteiger partial charge in [-0.05, 0) is 6.42 Å². The maximum Gasteiger partial charge on any atom is 0.326 e. The number of hydrogen-bond acceptors (Lipinski definition) is 4. The van der Waals surface area contributed by atoms with Crippen LogP contribution in [0.1, 0.15) is 19.8 Å². The van der Waals surface area contributed by atoms with E-state index in [-0.39, 0.29) is 19.4 Å². The number of carbonyl (C=O) groups excluding carboxylic acids is 1. The minimum absolute atomic E-state index is 0.0654. The number of carbonyl (C=O) groups is 2. The molecule has 0 aromatic rings. The van der Waals surface area contributed by atoms with E-state index in [9.17, 15) is 19.7 Å². The van der Waals surface area contributed by atoms with Gasteiger partial charge in [-0.1, -0.05) is 0 Å². The molecule has 7 heteroatoms. The molecule has 0 aromatic carbocycles. The Bertz CT molecular complexity index is 240. The van der Waals surface area contributed by atoms with Crippen LogP contribution in [0.15, 0.2) is 0 Å². The van der Waals surface area contributed by atoms with Gasteiger partial charge in [0, 0.05) is 18.3 Å². The highest BCUT2D eigenvalue weighted by atomic mass is 16.6. The standard InChI is InChI=1S/C7H12N2O5/c1-5(10)8-6(7(11)12)3-2-4-9(13)14/h6H,2-4H2,1H3,(H,8,10)(H,11,12)/t6-/m1/s1. The molecule has 2 N–H and O–H groups in total. The average Bonchev–Trinajstić information content (AvgIpc) is 2.00. The highest BCUT2D eigenvalue weighted by molar-refractivity contribution is 5.81. The Morgan fingerprint density at radius 3 is 2.50 bits per heavy atom. The van der Waals surface area contributed by atoms with E-state index in [1.807, 2.05) is 0 Å². The van der Waals surface area contributed by atoms with Crippen molar-refractivity contribution in [3.05, 3.63) is 10.1 Å². The van der Waals surface area contributed by atoms with Crippen molar-refractivity contribution >= 4 is 11.9 Å². The lowest BCUT2D eigenvalue weighted by atomic mass is 10.1. The number of hydrogen-bond donors (Lipinski definition) is 2. The normalized spacial score (nSPS) is 11.8. The van der Waals surface area contributed by atoms with Crippen molar-refractivity contribution in [2.24, 2.45) is 0 Å². The fourth-order valence-corrected chi connectivity index (χ4v) is 0.927. The summed E-state index contributed by atoms with van der Waals surface area (Å²) < 4.78 is 0. The first-order valence-corrected chi connectivity index (χ1v) is 4.05. The number of nitro groups is 1. The molecule has 0 unspecified atom stereocenters. The molecule has 7 nitrogen and oxygen atoms in total. The molecule has 0 aliphatic heterocycles. The minimum atomic E-state index is -1.18. The highest BCUT2D eigenvalue weighted by Gasteiger charge is 2.18. The van der Waals surface area contributed by atoms with Crippen molar-refractivity contribution in [1.29, 1.82) is 0 Å². The van der Waals surface area contributed by atoms with Crippen molar-refractivity contribution in [2.45, 2.75) is 25.8 Å². The molecule has 0 rings (SSSR count). The number of carboxylic acid groups (broad SMARTS) is 1. The van der Waals surface area contributed by atoms with Gasteiger partial charge in [0.1, 0.15) is 6.04 Å². The van der Waals surface area contributed by atoms with Crippen LogP contribution in [0, 0.1) is 10.1 Å². The van der Waals surface area contributed by atoms with Crippen LogP contribution in [0.5, 0.6) is 0 Å². The average molecular weight is 204 g/mol. The Labute approximate surface area is 80.2 Å². The monoisotopic (exact) mass is 204 g/mol. The van der Waals surface area contributed by atoms with Crippen LogP contribution in [-0.2, 0) is 9.59 Å². The van der Waals surface area contributed by atoms with E-state index in [1.165, 1.54) is 6.92 Å². The first kappa shape index (κ1) is 12.3. The number of carboxylic acids is 1. The number of amides is 1. The van der Waals surface area contributed by atoms with E-state index in [1.54, 1.807) is 0 Å². The third-order valence-corrected chi connectivity index (χ3v) is 1.51. The lowest BCUT2D eigenvalue weighted by molar-refractivity contribution is -0.480. The van der Waals surface area contributed by atoms with Crippen LogP contribution in [0.3, 0.4) is 0 Å². The summed E-state index contributed by atoms with van der Waals surface area (Å²) in [4.78, 5) is 30.5. The Kier molecular flexibility index (Phi) is 5.20. The number of nitrogens with one attached hydrogen (secondary N) is 1. The third kappa shape index (κ3) is 5.92. The summed E-state index contributed by atoms with van der Waals surface area (Å²) >= 11 is 0. The summed E-state index contributed by atoms with van der Waals surface area (Å²) in [5.41, 5.74) is 0. The molecule has 0 aliphatic carbocycles. The topological polar surface area (TPSA) is 110 Å². The summed E-state index contributed by atoms with van der Waals surface area (Å²) in [5.74, 6) is -1.64. The fraction of sp³-hybridized carbons (Fsp3) is 0.714. The predicted molar refractivity (Wildman–Crippen MR) is 46.3 cm³/mol. The molecular weight excluding hydrogens is 192 g/mol. The van der Waals surface area contributed by atoms with Gasteiger partial charge < -0.3 is 10.4 Å². The molecule has 0 saturated heterocycles. The van der Waals surface area contributed by atoms with Gasteiger partial charge in [-0.15, -0.1) is 0 Å². The van der Waals surface area contributed by atoms with E-state index in [0.29, 0.717) is 0 Å². The summed E-state index contributed by atoms with van der Waals surface area (Å²) in [5, 5.41) is 20.7. The van der Waals surface area contributed by atoms with Gasteiger partial charge in [-0.25, -0.2) is 4.79 Å². The van der Waals surface area contributed by atoms with E-state index >= 15 is 0 Å². The zero-order valence-corrected chi connectivity index (χ0v) is 7.73. The Hall–Kier alpha value is -1.66. The Balaban J connectivity index is 3.91. The highest BCUT2D eigenvalue weighted by Crippen LogP contribution is 1.98. The van der Waals surface area contributed by atoms with Gasteiger partial charge in [0.2, 0.25) is 12.5 Å². The van der Waals surface area contributed by atoms with Crippen molar-refractivity contribution in [3.63, 3.8) is 0 Å². The predicted octanol–water partition coefficient (Wildman–Crippen LogP) is -0.367. The number of rotatable bonds is 6. The van der Waals surface area contributed by atoms with Crippen LogP contribution >= 0.6 is 0 Å². The van der Waals surface area contributed by atoms with E-state index < -0.39 is 22.8 Å². The van der Waals surface area contributed by atoms with Gasteiger partial charge in [0.05, 0.1) is 0 Å². The molecule has 0 radical (unpaired) electrons. The van der Waals surface area contributed by atoms with E-state index in [0.717, 1.165) is 0 Å². The van der Waals surface area contributed by atoms with Gasteiger partial charge in [-0.3, -0.25) is 14.9 Å². The molecule has 0 aromatic heterocycles. The van der Waals surface area contributed by atoms with Crippen molar-refractivity contribution in [3.8, 4) is 0 Å². The van der Waals surface area contributed by atoms with Crippen molar-refractivity contribution in [1.82, 2.24) is 5.32 Å². The third-order valence-electron chi connectivity index (χ3n) is 1.51. The van der Waals surface area contributed by atoms with Crippen molar-refractivity contribution < 1.29 is 19.6 Å². The van der Waals surface area contributed by atoms with Gasteiger partial charge >= 0.3 is 5.97 Å². The quantitative estimate of drug-likeness (QED) is 0.453.